The van der Waals surface area contributed by atoms with Gasteiger partial charge in [-0.1, -0.05) is 46.0 Å². The van der Waals surface area contributed by atoms with Crippen LogP contribution in [0.15, 0.2) is 17.5 Å². The Balaban J connectivity index is 1.60. The quantitative estimate of drug-likeness (QED) is 0.529. The number of carbonyl (C=O) groups excluding carboxylic acids is 2. The van der Waals surface area contributed by atoms with Crippen LogP contribution in [0.4, 0.5) is 0 Å². The van der Waals surface area contributed by atoms with Crippen molar-refractivity contribution in [3.05, 3.63) is 23.2 Å². The molecule has 1 N–H and O–H groups in total. The minimum absolute atomic E-state index is 0.00193. The number of hydrogen-bond acceptors (Lipinski definition) is 4. The summed E-state index contributed by atoms with van der Waals surface area (Å²) in [5, 5.41) is 5.42. The number of unbranched alkanes of at least 4 members (excludes halogenated alkanes) is 1. The highest BCUT2D eigenvalue weighted by Crippen LogP contribution is 2.34. The van der Waals surface area contributed by atoms with Crippen LogP contribution in [0.25, 0.3) is 10.2 Å². The van der Waals surface area contributed by atoms with E-state index in [2.05, 4.69) is 40.1 Å². The summed E-state index contributed by atoms with van der Waals surface area (Å²) in [6.07, 6.45) is 9.24. The summed E-state index contributed by atoms with van der Waals surface area (Å²) in [4.78, 5) is 31.9. The molecule has 1 aliphatic carbocycles. The minimum atomic E-state index is -0.894. The minimum Gasteiger partial charge on any atom is -0.351 e. The van der Waals surface area contributed by atoms with Crippen LogP contribution in [-0.2, 0) is 11.3 Å². The van der Waals surface area contributed by atoms with Gasteiger partial charge in [-0.25, -0.2) is 0 Å². The van der Waals surface area contributed by atoms with Crippen molar-refractivity contribution in [2.75, 3.05) is 26.2 Å². The van der Waals surface area contributed by atoms with Gasteiger partial charge in [0.15, 0.2) is 0 Å². The van der Waals surface area contributed by atoms with E-state index in [-0.39, 0.29) is 17.9 Å². The normalized spacial score (nSPS) is 22.1. The molecule has 0 aromatic carbocycles. The molecular formula is C26H40N4O2S. The summed E-state index contributed by atoms with van der Waals surface area (Å²) >= 11 is 1.65. The van der Waals surface area contributed by atoms with Crippen LogP contribution in [0.2, 0.25) is 0 Å². The fraction of sp³-hybridized carbons (Fsp3) is 0.692. The predicted octanol–water partition coefficient (Wildman–Crippen LogP) is 4.88. The van der Waals surface area contributed by atoms with Crippen LogP contribution in [-0.4, -0.2) is 63.9 Å². The first-order valence-electron chi connectivity index (χ1n) is 12.9. The topological polar surface area (TPSA) is 57.6 Å². The highest BCUT2D eigenvalue weighted by Gasteiger charge is 2.48. The summed E-state index contributed by atoms with van der Waals surface area (Å²) < 4.78 is 3.19. The van der Waals surface area contributed by atoms with Gasteiger partial charge in [-0.2, -0.15) is 0 Å². The number of aromatic nitrogens is 1. The molecule has 0 bridgehead atoms. The second-order valence-corrected chi connectivity index (χ2v) is 10.9. The summed E-state index contributed by atoms with van der Waals surface area (Å²) in [7, 11) is 0. The summed E-state index contributed by atoms with van der Waals surface area (Å²) in [5.74, 6) is -0.0169. The molecule has 2 aromatic heterocycles. The molecule has 33 heavy (non-hydrogen) atoms. The Labute approximate surface area is 202 Å². The molecule has 1 atom stereocenters. The Morgan fingerprint density at radius 1 is 1.21 bits per heavy atom. The number of nitrogens with one attached hydrogen (secondary N) is 1. The first kappa shape index (κ1) is 24.3. The van der Waals surface area contributed by atoms with Crippen LogP contribution in [0.3, 0.4) is 0 Å². The molecular weight excluding hydrogens is 432 g/mol. The number of nitrogens with zero attached hydrogens (tertiary/aromatic N) is 3. The molecule has 0 saturated heterocycles. The molecule has 7 heteroatoms. The number of hydrogen-bond donors (Lipinski definition) is 1. The number of likely N-dealkylation sites (N-methyl/N-ethyl adjacent to an activating group) is 1. The SMILES string of the molecule is CCCCN(CC)CCN1C(=O)c2cc3sccc3n2C[C@@]1(C)C(=O)NC1CCCCCC1. The van der Waals surface area contributed by atoms with Gasteiger partial charge in [0.2, 0.25) is 5.91 Å². The van der Waals surface area contributed by atoms with Gasteiger partial charge in [0, 0.05) is 19.1 Å². The monoisotopic (exact) mass is 472 g/mol. The average Bonchev–Trinajstić information content (AvgIpc) is 3.30. The van der Waals surface area contributed by atoms with E-state index in [1.807, 2.05) is 17.9 Å². The summed E-state index contributed by atoms with van der Waals surface area (Å²) in [5.41, 5.74) is 0.886. The summed E-state index contributed by atoms with van der Waals surface area (Å²) in [6.45, 7) is 10.2. The van der Waals surface area contributed by atoms with E-state index in [0.717, 1.165) is 55.5 Å². The van der Waals surface area contributed by atoms with E-state index in [0.29, 0.717) is 18.8 Å². The Morgan fingerprint density at radius 2 is 1.97 bits per heavy atom. The van der Waals surface area contributed by atoms with Crippen molar-refractivity contribution in [2.45, 2.75) is 90.3 Å². The molecule has 1 saturated carbocycles. The van der Waals surface area contributed by atoms with Gasteiger partial charge >= 0.3 is 0 Å². The molecule has 2 aromatic rings. The smallest absolute Gasteiger partial charge is 0.271 e. The number of rotatable bonds is 9. The Kier molecular flexibility index (Phi) is 7.80. The van der Waals surface area contributed by atoms with Gasteiger partial charge in [-0.15, -0.1) is 11.3 Å². The van der Waals surface area contributed by atoms with E-state index in [1.165, 1.54) is 25.7 Å². The highest BCUT2D eigenvalue weighted by molar-refractivity contribution is 7.17. The van der Waals surface area contributed by atoms with E-state index >= 15 is 0 Å². The number of fused-ring (bicyclic) bond motifs is 3. The second kappa shape index (κ2) is 10.6. The van der Waals surface area contributed by atoms with Crippen molar-refractivity contribution in [3.8, 4) is 0 Å². The van der Waals surface area contributed by atoms with E-state index in [4.69, 9.17) is 0 Å². The standard InChI is InChI=1S/C26H40N4O2S/c1-4-6-14-28(5-2)15-16-30-24(31)22-18-23-21(13-17-33-23)29(22)19-26(30,3)25(32)27-20-11-9-7-8-10-12-20/h13,17-18,20H,4-12,14-16,19H2,1-3H3,(H,27,32)/t26-/m0/s1. The van der Waals surface area contributed by atoms with Gasteiger partial charge in [0.05, 0.1) is 16.8 Å². The molecule has 1 aliphatic heterocycles. The van der Waals surface area contributed by atoms with Crippen molar-refractivity contribution < 1.29 is 9.59 Å². The predicted molar refractivity (Wildman–Crippen MR) is 136 cm³/mol. The van der Waals surface area contributed by atoms with Crippen LogP contribution >= 0.6 is 11.3 Å². The molecule has 4 rings (SSSR count). The van der Waals surface area contributed by atoms with E-state index in [9.17, 15) is 9.59 Å². The second-order valence-electron chi connectivity index (χ2n) is 9.97. The Morgan fingerprint density at radius 3 is 2.67 bits per heavy atom. The molecule has 2 aliphatic rings. The lowest BCUT2D eigenvalue weighted by Gasteiger charge is -2.45. The van der Waals surface area contributed by atoms with Gasteiger partial charge < -0.3 is 19.7 Å². The van der Waals surface area contributed by atoms with Crippen molar-refractivity contribution in [1.82, 2.24) is 19.7 Å². The number of thiophene rings is 1. The Hall–Kier alpha value is -1.86. The van der Waals surface area contributed by atoms with Crippen LogP contribution in [0.5, 0.6) is 0 Å². The molecule has 0 radical (unpaired) electrons. The molecule has 182 valence electrons. The molecule has 1 fully saturated rings. The van der Waals surface area contributed by atoms with Crippen molar-refractivity contribution in [1.29, 1.82) is 0 Å². The van der Waals surface area contributed by atoms with E-state index in [1.54, 1.807) is 11.3 Å². The zero-order valence-electron chi connectivity index (χ0n) is 20.6. The molecule has 2 amide bonds. The first-order chi connectivity index (χ1) is 16.0. The maximum atomic E-state index is 13.8. The average molecular weight is 473 g/mol. The third kappa shape index (κ3) is 4.99. The molecule has 6 nitrogen and oxygen atoms in total. The van der Waals surface area contributed by atoms with Gasteiger partial charge in [-0.05, 0) is 56.8 Å². The van der Waals surface area contributed by atoms with E-state index < -0.39 is 5.54 Å². The highest BCUT2D eigenvalue weighted by atomic mass is 32.1. The third-order valence-electron chi connectivity index (χ3n) is 7.64. The summed E-state index contributed by atoms with van der Waals surface area (Å²) in [6, 6.07) is 4.30. The zero-order valence-corrected chi connectivity index (χ0v) is 21.4. The van der Waals surface area contributed by atoms with Crippen LogP contribution < -0.4 is 5.32 Å². The van der Waals surface area contributed by atoms with Crippen LogP contribution in [0, 0.1) is 0 Å². The lowest BCUT2D eigenvalue weighted by molar-refractivity contribution is -0.133. The third-order valence-corrected chi connectivity index (χ3v) is 8.50. The lowest BCUT2D eigenvalue weighted by Crippen LogP contribution is -2.65. The van der Waals surface area contributed by atoms with Crippen LogP contribution in [0.1, 0.15) is 82.6 Å². The largest absolute Gasteiger partial charge is 0.351 e. The molecule has 3 heterocycles. The first-order valence-corrected chi connectivity index (χ1v) is 13.8. The maximum Gasteiger partial charge on any atom is 0.271 e. The van der Waals surface area contributed by atoms with Gasteiger partial charge in [0.25, 0.3) is 5.91 Å². The van der Waals surface area contributed by atoms with Crippen molar-refractivity contribution in [2.24, 2.45) is 0 Å². The fourth-order valence-electron chi connectivity index (χ4n) is 5.44. The van der Waals surface area contributed by atoms with Crippen molar-refractivity contribution in [3.63, 3.8) is 0 Å². The lowest BCUT2D eigenvalue weighted by atomic mass is 9.93. The molecule has 0 spiro atoms. The number of amides is 2. The zero-order chi connectivity index (χ0) is 23.4. The van der Waals surface area contributed by atoms with Gasteiger partial charge in [-0.3, -0.25) is 9.59 Å². The van der Waals surface area contributed by atoms with Crippen molar-refractivity contribution >= 4 is 33.4 Å². The van der Waals surface area contributed by atoms with Gasteiger partial charge in [0.1, 0.15) is 11.2 Å². The molecule has 0 unspecified atom stereocenters. The number of carbonyl (C=O) groups is 2. The fourth-order valence-corrected chi connectivity index (χ4v) is 6.26. The Bertz CT molecular complexity index is 959. The maximum absolute atomic E-state index is 13.8.